The van der Waals surface area contributed by atoms with Gasteiger partial charge in [-0.25, -0.2) is 19.9 Å². The Balaban J connectivity index is 0.863. The van der Waals surface area contributed by atoms with E-state index in [0.717, 1.165) is 0 Å². The molecule has 0 bridgehead atoms. The van der Waals surface area contributed by atoms with Crippen molar-refractivity contribution < 1.29 is 83.5 Å². The van der Waals surface area contributed by atoms with Crippen LogP contribution in [0.4, 0.5) is 23.0 Å². The van der Waals surface area contributed by atoms with E-state index in [1.165, 1.54) is 26.9 Å². The van der Waals surface area contributed by atoms with Crippen LogP contribution >= 0.6 is 0 Å². The number of hydrogen-bond donors (Lipinski definition) is 10. The molecule has 6 aromatic rings. The zero-order chi connectivity index (χ0) is 48.6. The van der Waals surface area contributed by atoms with E-state index in [2.05, 4.69) is 30.6 Å². The summed E-state index contributed by atoms with van der Waals surface area (Å²) in [6.45, 7) is -1.33. The van der Waals surface area contributed by atoms with Crippen LogP contribution in [-0.2, 0) is 18.9 Å². The second-order valence-electron chi connectivity index (χ2n) is 15.7. The number of aliphatic hydroxyl groups excluding tert-OH is 8. The van der Waals surface area contributed by atoms with Crippen LogP contribution in [0.25, 0.3) is 21.8 Å². The molecule has 2 saturated heterocycles. The molecule has 2 aromatic heterocycles. The van der Waals surface area contributed by atoms with Crippen LogP contribution in [0, 0.1) is 0 Å². The van der Waals surface area contributed by atoms with E-state index in [9.17, 15) is 40.9 Å². The minimum atomic E-state index is -1.56. The average molecular weight is 961 g/mol. The molecule has 23 nitrogen and oxygen atoms in total. The zero-order valence-electron chi connectivity index (χ0n) is 37.1. The third-order valence-corrected chi connectivity index (χ3v) is 11.3. The van der Waals surface area contributed by atoms with Gasteiger partial charge in [0.1, 0.15) is 97.8 Å². The molecule has 0 unspecified atom stereocenters. The SMILES string of the molecule is COc1cc2ncnc(Nc3ccc(Oc4ccc(Nc5ncnc6cc(OC)c(OCCO[C@@H]7O[C@H](CO)[C@@H](O)[C@H](O)[C@H]7O)cc56)cc4)cc3)c2cc1OCCO[C@@H]1O[C@H](CO)[C@@H](O)[C@H](O)[C@H]1O. The Bertz CT molecular complexity index is 2450. The van der Waals surface area contributed by atoms with E-state index < -0.39 is 74.6 Å². The van der Waals surface area contributed by atoms with Gasteiger partial charge >= 0.3 is 0 Å². The van der Waals surface area contributed by atoms with E-state index in [0.29, 0.717) is 79.3 Å². The molecule has 69 heavy (non-hydrogen) atoms. The fraction of sp³-hybridized carbons (Fsp3) is 0.391. The largest absolute Gasteiger partial charge is 0.493 e. The summed E-state index contributed by atoms with van der Waals surface area (Å²) in [6, 6.07) is 21.4. The number of rotatable bonds is 20. The van der Waals surface area contributed by atoms with Crippen molar-refractivity contribution in [3.8, 4) is 34.5 Å². The van der Waals surface area contributed by atoms with Gasteiger partial charge < -0.3 is 94.1 Å². The van der Waals surface area contributed by atoms with Gasteiger partial charge in [-0.3, -0.25) is 0 Å². The monoisotopic (exact) mass is 960 g/mol. The molecule has 10 atom stereocenters. The summed E-state index contributed by atoms with van der Waals surface area (Å²) in [7, 11) is 2.98. The van der Waals surface area contributed by atoms with E-state index in [-0.39, 0.29) is 26.4 Å². The maximum Gasteiger partial charge on any atom is 0.186 e. The number of benzene rings is 4. The van der Waals surface area contributed by atoms with Crippen molar-refractivity contribution in [2.24, 2.45) is 0 Å². The average Bonchev–Trinajstić information content (AvgIpc) is 3.37. The molecule has 0 spiro atoms. The summed E-state index contributed by atoms with van der Waals surface area (Å²) in [6.07, 6.45) is -11.1. The summed E-state index contributed by atoms with van der Waals surface area (Å²) in [4.78, 5) is 17.7. The van der Waals surface area contributed by atoms with Gasteiger partial charge in [-0.1, -0.05) is 0 Å². The summed E-state index contributed by atoms with van der Waals surface area (Å²) in [5.41, 5.74) is 2.57. The minimum Gasteiger partial charge on any atom is -0.493 e. The number of aliphatic hydroxyl groups is 8. The number of methoxy groups -OCH3 is 2. The molecule has 2 aliphatic rings. The first-order chi connectivity index (χ1) is 33.5. The molecule has 8 rings (SSSR count). The fourth-order valence-electron chi connectivity index (χ4n) is 7.54. The fourth-order valence-corrected chi connectivity index (χ4v) is 7.54. The molecule has 23 heteroatoms. The molecule has 2 fully saturated rings. The lowest BCUT2D eigenvalue weighted by molar-refractivity contribution is -0.301. The number of nitrogens with zero attached hydrogens (tertiary/aromatic N) is 4. The molecule has 2 aliphatic heterocycles. The molecule has 4 aromatic carbocycles. The van der Waals surface area contributed by atoms with Crippen molar-refractivity contribution in [1.29, 1.82) is 0 Å². The van der Waals surface area contributed by atoms with Crippen LogP contribution < -0.4 is 34.3 Å². The summed E-state index contributed by atoms with van der Waals surface area (Å²) < 4.78 is 51.0. The lowest BCUT2D eigenvalue weighted by Gasteiger charge is -2.39. The Morgan fingerprint density at radius 3 is 1.28 bits per heavy atom. The molecule has 4 heterocycles. The topological polar surface area (TPSA) is 321 Å². The quantitative estimate of drug-likeness (QED) is 0.0482. The second-order valence-corrected chi connectivity index (χ2v) is 15.7. The second kappa shape index (κ2) is 22.4. The summed E-state index contributed by atoms with van der Waals surface area (Å²) in [5, 5.41) is 87.4. The highest BCUT2D eigenvalue weighted by Crippen LogP contribution is 2.37. The van der Waals surface area contributed by atoms with Gasteiger partial charge in [-0.15, -0.1) is 0 Å². The van der Waals surface area contributed by atoms with Gasteiger partial charge in [-0.2, -0.15) is 0 Å². The number of aromatic nitrogens is 4. The van der Waals surface area contributed by atoms with Gasteiger partial charge in [0.05, 0.1) is 51.7 Å². The van der Waals surface area contributed by atoms with E-state index in [1.807, 2.05) is 24.3 Å². The lowest BCUT2D eigenvalue weighted by Crippen LogP contribution is -2.59. The van der Waals surface area contributed by atoms with E-state index in [1.54, 1.807) is 48.5 Å². The normalized spacial score (nSPS) is 24.7. The standard InChI is InChI=1S/C46H52N6O17/c1-61-31-17-29-27(15-33(31)63-11-13-65-45-41(59)39(57)37(55)35(19-53)68-45)43(49-21-47-29)51-23-3-7-25(8-4-23)67-26-9-5-24(6-10-26)52-44-28-16-34(32(62-2)18-30(28)48-22-50-44)64-12-14-66-46-42(60)40(58)38(56)36(20-54)69-46/h3-10,15-18,21-22,35-42,45-46,53-60H,11-14,19-20H2,1-2H3,(H,47,49,51)(H,48,50,52)/t35-,36-,37-,38-,39+,40+,41-,42-,45-,46-/m1/s1. The predicted octanol–water partition coefficient (Wildman–Crippen LogP) is 1.26. The van der Waals surface area contributed by atoms with Crippen LogP contribution in [0.2, 0.25) is 0 Å². The molecule has 0 aliphatic carbocycles. The molecule has 0 saturated carbocycles. The van der Waals surface area contributed by atoms with Crippen LogP contribution in [0.3, 0.4) is 0 Å². The van der Waals surface area contributed by atoms with Crippen LogP contribution in [-0.4, -0.2) is 176 Å². The Labute approximate surface area is 393 Å². The highest BCUT2D eigenvalue weighted by atomic mass is 16.7. The first-order valence-electron chi connectivity index (χ1n) is 21.7. The summed E-state index contributed by atoms with van der Waals surface area (Å²) >= 11 is 0. The van der Waals surface area contributed by atoms with Crippen molar-refractivity contribution in [3.05, 3.63) is 85.5 Å². The Morgan fingerprint density at radius 2 is 0.899 bits per heavy atom. The number of hydrogen-bond acceptors (Lipinski definition) is 23. The van der Waals surface area contributed by atoms with E-state index in [4.69, 9.17) is 42.6 Å². The van der Waals surface area contributed by atoms with Gasteiger partial charge in [0.2, 0.25) is 0 Å². The molecule has 0 radical (unpaired) electrons. The van der Waals surface area contributed by atoms with Gasteiger partial charge in [0, 0.05) is 34.3 Å². The molecular weight excluding hydrogens is 909 g/mol. The highest BCUT2D eigenvalue weighted by Gasteiger charge is 2.45. The number of nitrogens with one attached hydrogen (secondary N) is 2. The maximum absolute atomic E-state index is 10.3. The number of ether oxygens (including phenoxy) is 9. The highest BCUT2D eigenvalue weighted by molar-refractivity contribution is 5.94. The Morgan fingerprint density at radius 1 is 0.493 bits per heavy atom. The van der Waals surface area contributed by atoms with Gasteiger partial charge in [0.25, 0.3) is 0 Å². The van der Waals surface area contributed by atoms with Gasteiger partial charge in [0.15, 0.2) is 35.6 Å². The first-order valence-corrected chi connectivity index (χ1v) is 21.7. The van der Waals surface area contributed by atoms with Crippen LogP contribution in [0.5, 0.6) is 34.5 Å². The van der Waals surface area contributed by atoms with Crippen LogP contribution in [0.15, 0.2) is 85.5 Å². The number of fused-ring (bicyclic) bond motifs is 2. The first kappa shape index (κ1) is 49.1. The minimum absolute atomic E-state index is 0.0123. The Kier molecular flexibility index (Phi) is 15.9. The van der Waals surface area contributed by atoms with Crippen molar-refractivity contribution in [1.82, 2.24) is 19.9 Å². The Hall–Kier alpha value is -6.32. The summed E-state index contributed by atoms with van der Waals surface area (Å²) in [5.74, 6) is 3.62. The predicted molar refractivity (Wildman–Crippen MR) is 242 cm³/mol. The smallest absolute Gasteiger partial charge is 0.186 e. The van der Waals surface area contributed by atoms with Crippen molar-refractivity contribution in [3.63, 3.8) is 0 Å². The number of anilines is 4. The molecular formula is C46H52N6O17. The third-order valence-electron chi connectivity index (χ3n) is 11.3. The maximum atomic E-state index is 10.3. The molecule has 0 amide bonds. The molecule has 368 valence electrons. The van der Waals surface area contributed by atoms with Crippen molar-refractivity contribution in [2.75, 3.05) is 64.5 Å². The van der Waals surface area contributed by atoms with Crippen molar-refractivity contribution >= 4 is 44.8 Å². The zero-order valence-corrected chi connectivity index (χ0v) is 37.1. The third kappa shape index (κ3) is 11.3. The lowest BCUT2D eigenvalue weighted by atomic mass is 9.99. The van der Waals surface area contributed by atoms with E-state index >= 15 is 0 Å². The van der Waals surface area contributed by atoms with Gasteiger partial charge in [-0.05, 0) is 60.7 Å². The van der Waals surface area contributed by atoms with Crippen molar-refractivity contribution in [2.45, 2.75) is 61.4 Å². The molecule has 10 N–H and O–H groups in total. The van der Waals surface area contributed by atoms with Crippen LogP contribution in [0.1, 0.15) is 0 Å².